The molecule has 2 rings (SSSR count). The number of hydroxylamine groups is 1. The van der Waals surface area contributed by atoms with Gasteiger partial charge in [-0.05, 0) is 51.5 Å². The maximum Gasteiger partial charge on any atom is 0.409 e. The molecule has 2 saturated heterocycles. The van der Waals surface area contributed by atoms with E-state index in [0.717, 1.165) is 13.1 Å². The number of likely N-dealkylation sites (N-methyl/N-ethyl adjacent to an activating group) is 1. The molecule has 0 bridgehead atoms. The Labute approximate surface area is 230 Å². The molecule has 2 heterocycles. The molecule has 39 heavy (non-hydrogen) atoms. The van der Waals surface area contributed by atoms with E-state index in [9.17, 15) is 29.2 Å². The number of hydrogen-bond donors (Lipinski definition) is 4. The van der Waals surface area contributed by atoms with Crippen LogP contribution in [0.5, 0.6) is 0 Å². The van der Waals surface area contributed by atoms with E-state index in [0.29, 0.717) is 45.3 Å². The van der Waals surface area contributed by atoms with E-state index >= 15 is 0 Å². The first-order valence-corrected chi connectivity index (χ1v) is 13.9. The Kier molecular flexibility index (Phi) is 13.4. The fraction of sp³-hybridized carbons (Fsp3) is 0.808. The number of ether oxygens (including phenoxy) is 1. The van der Waals surface area contributed by atoms with Crippen LogP contribution in [0, 0.1) is 17.8 Å². The van der Waals surface area contributed by atoms with E-state index in [1.165, 1.54) is 4.90 Å². The van der Waals surface area contributed by atoms with Crippen LogP contribution in [0.15, 0.2) is 0 Å². The van der Waals surface area contributed by atoms with Gasteiger partial charge in [0.25, 0.3) is 0 Å². The second kappa shape index (κ2) is 16.2. The van der Waals surface area contributed by atoms with Crippen molar-refractivity contribution in [3.8, 4) is 0 Å². The highest BCUT2D eigenvalue weighted by Crippen LogP contribution is 2.26. The molecule has 2 aliphatic heterocycles. The molecule has 4 N–H and O–H groups in total. The Morgan fingerprint density at radius 1 is 1.00 bits per heavy atom. The van der Waals surface area contributed by atoms with Gasteiger partial charge >= 0.3 is 6.09 Å². The van der Waals surface area contributed by atoms with Crippen LogP contribution in [0.2, 0.25) is 0 Å². The molecule has 3 atom stereocenters. The zero-order chi connectivity index (χ0) is 28.9. The lowest BCUT2D eigenvalue weighted by Crippen LogP contribution is -2.53. The average Bonchev–Trinajstić information content (AvgIpc) is 2.91. The predicted octanol–water partition coefficient (Wildman–Crippen LogP) is 0.178. The number of hydrogen-bond acceptors (Lipinski definition) is 8. The normalized spacial score (nSPS) is 24.7. The van der Waals surface area contributed by atoms with Crippen molar-refractivity contribution in [2.45, 2.75) is 58.4 Å². The summed E-state index contributed by atoms with van der Waals surface area (Å²) in [7, 11) is 3.61. The third-order valence-electron chi connectivity index (χ3n) is 7.33. The highest BCUT2D eigenvalue weighted by Gasteiger charge is 2.36. The molecule has 0 aromatic heterocycles. The quantitative estimate of drug-likeness (QED) is 0.267. The van der Waals surface area contributed by atoms with Crippen LogP contribution in [0.3, 0.4) is 0 Å². The highest BCUT2D eigenvalue weighted by molar-refractivity contribution is 5.92. The van der Waals surface area contributed by atoms with Crippen LogP contribution in [0.1, 0.15) is 52.4 Å². The van der Waals surface area contributed by atoms with Gasteiger partial charge in [-0.3, -0.25) is 24.4 Å². The fourth-order valence-electron chi connectivity index (χ4n) is 4.92. The van der Waals surface area contributed by atoms with Crippen molar-refractivity contribution in [1.29, 1.82) is 0 Å². The van der Waals surface area contributed by atoms with Gasteiger partial charge in [0.15, 0.2) is 0 Å². The summed E-state index contributed by atoms with van der Waals surface area (Å²) in [4.78, 5) is 69.5. The monoisotopic (exact) mass is 554 g/mol. The van der Waals surface area contributed by atoms with Gasteiger partial charge in [-0.1, -0.05) is 13.8 Å². The van der Waals surface area contributed by atoms with Crippen LogP contribution in [0.25, 0.3) is 0 Å². The molecule has 0 aromatic carbocycles. The Hall–Kier alpha value is -2.93. The zero-order valence-electron chi connectivity index (χ0n) is 23.7. The van der Waals surface area contributed by atoms with Crippen molar-refractivity contribution >= 4 is 29.7 Å². The van der Waals surface area contributed by atoms with Gasteiger partial charge < -0.3 is 30.1 Å². The molecule has 0 aromatic rings. The van der Waals surface area contributed by atoms with Gasteiger partial charge in [-0.25, -0.2) is 10.3 Å². The third-order valence-corrected chi connectivity index (χ3v) is 7.33. The Bertz CT molecular complexity index is 847. The van der Waals surface area contributed by atoms with Crippen LogP contribution >= 0.6 is 0 Å². The standard InChI is InChI=1S/C26H46N6O7/c1-18(2)16-20-19(24(35)29-38)8-7-15-39-26(37)31(4)10-6-5-9-21(28-23(20)34)25(36)27-17-22(33)32-13-11-30(3)12-14-32/h18-21,38H,5-17H2,1-4H3,(H,27,36)(H,28,34)(H,29,35)/t19-,20+,21-/m0/s1. The van der Waals surface area contributed by atoms with E-state index in [1.54, 1.807) is 17.4 Å². The molecule has 0 saturated carbocycles. The molecular weight excluding hydrogens is 508 g/mol. The van der Waals surface area contributed by atoms with Gasteiger partial charge in [0.2, 0.25) is 23.6 Å². The number of carbonyl (C=O) groups excluding carboxylic acids is 5. The molecule has 2 aliphatic rings. The second-order valence-electron chi connectivity index (χ2n) is 11.0. The number of rotatable bonds is 6. The molecule has 2 fully saturated rings. The second-order valence-corrected chi connectivity index (χ2v) is 11.0. The summed E-state index contributed by atoms with van der Waals surface area (Å²) in [5, 5.41) is 14.9. The van der Waals surface area contributed by atoms with Crippen molar-refractivity contribution in [3.05, 3.63) is 0 Å². The number of carbonyl (C=O) groups is 5. The Morgan fingerprint density at radius 3 is 2.33 bits per heavy atom. The summed E-state index contributed by atoms with van der Waals surface area (Å²) in [5.41, 5.74) is 1.66. The largest absolute Gasteiger partial charge is 0.449 e. The van der Waals surface area contributed by atoms with Gasteiger partial charge in [0, 0.05) is 45.7 Å². The van der Waals surface area contributed by atoms with Gasteiger partial charge in [0.05, 0.1) is 19.1 Å². The zero-order valence-corrected chi connectivity index (χ0v) is 23.7. The van der Waals surface area contributed by atoms with Crippen LogP contribution in [0.4, 0.5) is 4.79 Å². The molecule has 13 heteroatoms. The summed E-state index contributed by atoms with van der Waals surface area (Å²) >= 11 is 0. The van der Waals surface area contributed by atoms with E-state index < -0.39 is 41.7 Å². The molecule has 0 spiro atoms. The number of cyclic esters (lactones) is 1. The van der Waals surface area contributed by atoms with Crippen LogP contribution < -0.4 is 16.1 Å². The van der Waals surface area contributed by atoms with Crippen molar-refractivity contribution in [2.75, 3.05) is 60.0 Å². The first-order chi connectivity index (χ1) is 18.5. The lowest BCUT2D eigenvalue weighted by Gasteiger charge is -2.32. The molecule has 13 nitrogen and oxygen atoms in total. The summed E-state index contributed by atoms with van der Waals surface area (Å²) in [6.07, 6.45) is 1.77. The minimum Gasteiger partial charge on any atom is -0.449 e. The number of nitrogens with one attached hydrogen (secondary N) is 3. The van der Waals surface area contributed by atoms with E-state index in [1.807, 2.05) is 20.9 Å². The molecule has 0 aliphatic carbocycles. The lowest BCUT2D eigenvalue weighted by molar-refractivity contribution is -0.142. The number of piperazine rings is 1. The predicted molar refractivity (Wildman–Crippen MR) is 142 cm³/mol. The van der Waals surface area contributed by atoms with Crippen molar-refractivity contribution in [2.24, 2.45) is 17.8 Å². The SMILES string of the molecule is CC(C)C[C@H]1C(=O)N[C@H](C(=O)NCC(=O)N2CCN(C)CC2)CCCCN(C)C(=O)OCCC[C@@H]1C(=O)NO. The van der Waals surface area contributed by atoms with E-state index in [2.05, 4.69) is 15.5 Å². The van der Waals surface area contributed by atoms with Gasteiger partial charge in [0.1, 0.15) is 6.04 Å². The molecule has 0 radical (unpaired) electrons. The molecule has 5 amide bonds. The Morgan fingerprint density at radius 2 is 1.69 bits per heavy atom. The third kappa shape index (κ3) is 10.6. The average molecular weight is 555 g/mol. The first kappa shape index (κ1) is 32.3. The number of amides is 5. The molecule has 0 unspecified atom stereocenters. The maximum absolute atomic E-state index is 13.5. The smallest absolute Gasteiger partial charge is 0.409 e. The fourth-order valence-corrected chi connectivity index (χ4v) is 4.92. The van der Waals surface area contributed by atoms with Gasteiger partial charge in [-0.15, -0.1) is 0 Å². The van der Waals surface area contributed by atoms with Crippen molar-refractivity contribution in [1.82, 2.24) is 30.8 Å². The Balaban J connectivity index is 2.19. The van der Waals surface area contributed by atoms with Crippen LogP contribution in [-0.4, -0.2) is 116 Å². The van der Waals surface area contributed by atoms with Crippen LogP contribution in [-0.2, 0) is 23.9 Å². The highest BCUT2D eigenvalue weighted by atomic mass is 16.6. The topological polar surface area (TPSA) is 161 Å². The van der Waals surface area contributed by atoms with Crippen molar-refractivity contribution in [3.63, 3.8) is 0 Å². The summed E-state index contributed by atoms with van der Waals surface area (Å²) in [5.74, 6) is -3.48. The summed E-state index contributed by atoms with van der Waals surface area (Å²) in [6.45, 7) is 6.86. The number of nitrogens with zero attached hydrogens (tertiary/aromatic N) is 3. The maximum atomic E-state index is 13.5. The minimum absolute atomic E-state index is 0.0526. The molecule has 222 valence electrons. The minimum atomic E-state index is -0.923. The van der Waals surface area contributed by atoms with E-state index in [4.69, 9.17) is 4.74 Å². The molecular formula is C26H46N6O7. The first-order valence-electron chi connectivity index (χ1n) is 13.9. The van der Waals surface area contributed by atoms with E-state index in [-0.39, 0.29) is 37.8 Å². The van der Waals surface area contributed by atoms with Crippen molar-refractivity contribution < 1.29 is 33.9 Å². The summed E-state index contributed by atoms with van der Waals surface area (Å²) < 4.78 is 5.29. The lowest BCUT2D eigenvalue weighted by atomic mass is 9.81. The van der Waals surface area contributed by atoms with Gasteiger partial charge in [-0.2, -0.15) is 0 Å². The summed E-state index contributed by atoms with van der Waals surface area (Å²) in [6, 6.07) is -0.923.